The van der Waals surface area contributed by atoms with Crippen LogP contribution in [0.1, 0.15) is 69.3 Å². The molecule has 232 valence electrons. The molecule has 3 atom stereocenters. The molecule has 1 aromatic heterocycles. The van der Waals surface area contributed by atoms with Crippen molar-refractivity contribution in [1.82, 2.24) is 15.6 Å². The maximum atomic E-state index is 14.0. The number of hydrogen-bond acceptors (Lipinski definition) is 6. The minimum atomic E-state index is -0.764. The van der Waals surface area contributed by atoms with E-state index in [-0.39, 0.29) is 5.91 Å². The summed E-state index contributed by atoms with van der Waals surface area (Å²) in [6.07, 6.45) is 2.39. The van der Waals surface area contributed by atoms with Crippen molar-refractivity contribution in [3.8, 4) is 5.75 Å². The lowest BCUT2D eigenvalue weighted by Gasteiger charge is -2.40. The first-order valence-corrected chi connectivity index (χ1v) is 15.5. The molecule has 0 fully saturated rings. The fourth-order valence-corrected chi connectivity index (χ4v) is 5.93. The number of carbonyl (C=O) groups excluding carboxylic acids is 2. The van der Waals surface area contributed by atoms with Gasteiger partial charge in [0.2, 0.25) is 5.91 Å². The number of benzene rings is 3. The lowest BCUT2D eigenvalue weighted by molar-refractivity contribution is -0.159. The average molecular weight is 597 g/mol. The van der Waals surface area contributed by atoms with Crippen LogP contribution in [0, 0.1) is 0 Å². The molecule has 0 spiro atoms. The number of fused-ring (bicyclic) bond motifs is 3. The predicted molar refractivity (Wildman–Crippen MR) is 173 cm³/mol. The first kappa shape index (κ1) is 31.3. The van der Waals surface area contributed by atoms with Gasteiger partial charge in [0.05, 0.1) is 11.6 Å². The number of ether oxygens (including phenoxy) is 2. The summed E-state index contributed by atoms with van der Waals surface area (Å²) < 4.78 is 11.9. The van der Waals surface area contributed by atoms with Gasteiger partial charge in [-0.3, -0.25) is 10.1 Å². The van der Waals surface area contributed by atoms with Crippen LogP contribution in [-0.4, -0.2) is 41.1 Å². The van der Waals surface area contributed by atoms with Crippen molar-refractivity contribution in [2.24, 2.45) is 5.73 Å². The Labute approximate surface area is 259 Å². The number of aromatic amines is 1. The molecule has 0 saturated carbocycles. The van der Waals surface area contributed by atoms with Gasteiger partial charge in [0.15, 0.2) is 0 Å². The largest absolute Gasteiger partial charge is 0.489 e. The Morgan fingerprint density at radius 1 is 1.02 bits per heavy atom. The zero-order valence-electron chi connectivity index (χ0n) is 26.1. The second-order valence-corrected chi connectivity index (χ2v) is 12.7. The van der Waals surface area contributed by atoms with Crippen molar-refractivity contribution >= 4 is 22.8 Å². The third-order valence-corrected chi connectivity index (χ3v) is 8.12. The van der Waals surface area contributed by atoms with E-state index in [1.165, 1.54) is 0 Å². The van der Waals surface area contributed by atoms with E-state index in [4.69, 9.17) is 15.2 Å². The van der Waals surface area contributed by atoms with Crippen LogP contribution in [0.3, 0.4) is 0 Å². The summed E-state index contributed by atoms with van der Waals surface area (Å²) in [6.45, 7) is 8.54. The predicted octanol–water partition coefficient (Wildman–Crippen LogP) is 5.48. The van der Waals surface area contributed by atoms with E-state index in [0.717, 1.165) is 45.5 Å². The van der Waals surface area contributed by atoms with Crippen LogP contribution in [0.25, 0.3) is 10.9 Å². The van der Waals surface area contributed by atoms with Gasteiger partial charge >= 0.3 is 5.97 Å². The molecule has 44 heavy (non-hydrogen) atoms. The van der Waals surface area contributed by atoms with Crippen molar-refractivity contribution in [3.63, 3.8) is 0 Å². The summed E-state index contributed by atoms with van der Waals surface area (Å²) in [5, 5.41) is 7.76. The van der Waals surface area contributed by atoms with Crippen LogP contribution in [0.5, 0.6) is 5.75 Å². The normalized spacial score (nSPS) is 18.8. The summed E-state index contributed by atoms with van der Waals surface area (Å²) in [6, 6.07) is 24.8. The van der Waals surface area contributed by atoms with Gasteiger partial charge in [0.25, 0.3) is 0 Å². The molecule has 1 aliphatic rings. The summed E-state index contributed by atoms with van der Waals surface area (Å²) in [4.78, 5) is 30.8. The zero-order valence-corrected chi connectivity index (χ0v) is 26.1. The number of H-pyrrole nitrogens is 1. The first-order chi connectivity index (χ1) is 21.1. The van der Waals surface area contributed by atoms with Crippen molar-refractivity contribution in [1.29, 1.82) is 0 Å². The van der Waals surface area contributed by atoms with Gasteiger partial charge in [-0.1, -0.05) is 60.7 Å². The molecule has 3 aromatic carbocycles. The molecule has 0 saturated heterocycles. The van der Waals surface area contributed by atoms with Crippen LogP contribution in [0.15, 0.2) is 78.9 Å². The van der Waals surface area contributed by atoms with Gasteiger partial charge in [-0.2, -0.15) is 0 Å². The third kappa shape index (κ3) is 7.14. The summed E-state index contributed by atoms with van der Waals surface area (Å²) >= 11 is 0. The lowest BCUT2D eigenvalue weighted by Crippen LogP contribution is -2.59. The molecule has 1 amide bonds. The van der Waals surface area contributed by atoms with Crippen LogP contribution in [-0.2, 0) is 32.9 Å². The topological polar surface area (TPSA) is 118 Å². The van der Waals surface area contributed by atoms with E-state index in [9.17, 15) is 9.59 Å². The van der Waals surface area contributed by atoms with Gasteiger partial charge in [-0.05, 0) is 94.8 Å². The molecule has 5 N–H and O–H groups in total. The fraction of sp³-hybridized carbons (Fsp3) is 0.389. The molecule has 0 bridgehead atoms. The highest BCUT2D eigenvalue weighted by atomic mass is 16.6. The molecule has 2 heterocycles. The van der Waals surface area contributed by atoms with Crippen LogP contribution in [0.2, 0.25) is 0 Å². The second kappa shape index (κ2) is 13.2. The molecule has 8 nitrogen and oxygen atoms in total. The maximum absolute atomic E-state index is 14.0. The maximum Gasteiger partial charge on any atom is 0.329 e. The van der Waals surface area contributed by atoms with E-state index in [2.05, 4.69) is 34.7 Å². The summed E-state index contributed by atoms with van der Waals surface area (Å²) in [7, 11) is 0. The molecule has 4 aromatic rings. The number of para-hydroxylation sites is 1. The highest BCUT2D eigenvalue weighted by Crippen LogP contribution is 2.40. The van der Waals surface area contributed by atoms with Crippen LogP contribution >= 0.6 is 0 Å². The highest BCUT2D eigenvalue weighted by Gasteiger charge is 2.43. The quantitative estimate of drug-likeness (QED) is 0.135. The molecule has 1 aliphatic heterocycles. The third-order valence-electron chi connectivity index (χ3n) is 8.12. The standard InChI is InChI=1S/C36H44N4O4/c1-35(2,3)44-34(42)30(19-10-11-20-37)39-33(41)31-22-28-27-17-8-9-18-29(27)38-32(28)36(4,40-31)25-15-12-16-26(21-25)43-23-24-13-6-5-7-14-24/h5-9,12-18,21,30-31,38,40H,10-11,19-20,22-23,37H2,1-4H3,(H,39,41). The van der Waals surface area contributed by atoms with E-state index in [1.54, 1.807) is 0 Å². The first-order valence-electron chi connectivity index (χ1n) is 15.5. The minimum Gasteiger partial charge on any atom is -0.489 e. The Hall–Kier alpha value is -4.14. The Kier molecular flexibility index (Phi) is 9.42. The summed E-state index contributed by atoms with van der Waals surface area (Å²) in [5.41, 5.74) is 9.44. The number of rotatable bonds is 11. The van der Waals surface area contributed by atoms with Crippen LogP contribution in [0.4, 0.5) is 0 Å². The summed E-state index contributed by atoms with van der Waals surface area (Å²) in [5.74, 6) is 0.0632. The number of nitrogens with two attached hydrogens (primary N) is 1. The van der Waals surface area contributed by atoms with Crippen molar-refractivity contribution in [2.45, 2.75) is 83.2 Å². The van der Waals surface area contributed by atoms with E-state index < -0.39 is 29.2 Å². The van der Waals surface area contributed by atoms with Crippen molar-refractivity contribution in [2.75, 3.05) is 6.54 Å². The minimum absolute atomic E-state index is 0.243. The highest BCUT2D eigenvalue weighted by molar-refractivity contribution is 5.91. The van der Waals surface area contributed by atoms with Gasteiger partial charge in [-0.25, -0.2) is 4.79 Å². The number of amides is 1. The molecule has 5 rings (SSSR count). The number of carbonyl (C=O) groups is 2. The van der Waals surface area contributed by atoms with Crippen molar-refractivity contribution < 1.29 is 19.1 Å². The Bertz CT molecular complexity index is 1590. The Morgan fingerprint density at radius 3 is 2.52 bits per heavy atom. The SMILES string of the molecule is CC(C)(C)OC(=O)C(CCCCN)NC(=O)C1Cc2c([nH]c3ccccc23)C(C)(c2cccc(OCc3ccccc3)c2)N1. The molecule has 3 unspecified atom stereocenters. The van der Waals surface area contributed by atoms with Crippen molar-refractivity contribution in [3.05, 3.63) is 101 Å². The molecule has 8 heteroatoms. The number of nitrogens with one attached hydrogen (secondary N) is 3. The average Bonchev–Trinajstić information content (AvgIpc) is 3.39. The molecule has 0 radical (unpaired) electrons. The zero-order chi connectivity index (χ0) is 31.3. The number of unbranched alkanes of at least 4 members (excludes halogenated alkanes) is 1. The molecular formula is C36H44N4O4. The van der Waals surface area contributed by atoms with E-state index >= 15 is 0 Å². The van der Waals surface area contributed by atoms with E-state index in [0.29, 0.717) is 32.4 Å². The number of aromatic nitrogens is 1. The Balaban J connectivity index is 1.45. The smallest absolute Gasteiger partial charge is 0.329 e. The second-order valence-electron chi connectivity index (χ2n) is 12.7. The molecular weight excluding hydrogens is 552 g/mol. The van der Waals surface area contributed by atoms with Gasteiger partial charge in [0, 0.05) is 16.6 Å². The molecule has 0 aliphatic carbocycles. The number of esters is 1. The Morgan fingerprint density at radius 2 is 1.77 bits per heavy atom. The lowest BCUT2D eigenvalue weighted by atomic mass is 9.80. The van der Waals surface area contributed by atoms with Crippen LogP contribution < -0.4 is 21.1 Å². The van der Waals surface area contributed by atoms with Gasteiger partial charge in [0.1, 0.15) is 24.0 Å². The van der Waals surface area contributed by atoms with Gasteiger partial charge < -0.3 is 25.5 Å². The van der Waals surface area contributed by atoms with E-state index in [1.807, 2.05) is 87.5 Å². The monoisotopic (exact) mass is 596 g/mol. The fourth-order valence-electron chi connectivity index (χ4n) is 5.93. The number of hydrogen-bond donors (Lipinski definition) is 4. The van der Waals surface area contributed by atoms with Gasteiger partial charge in [-0.15, -0.1) is 0 Å².